The van der Waals surface area contributed by atoms with Gasteiger partial charge in [0, 0.05) is 35.9 Å². The molecule has 43 heteroatoms. The number of carboxylic acid groups (broad SMARTS) is 1. The number of hydrogen-bond donors (Lipinski definition) is 23. The van der Waals surface area contributed by atoms with Gasteiger partial charge >= 0.3 is 29.8 Å². The highest BCUT2D eigenvalue weighted by Gasteiger charge is 2.55. The number of ether oxygens (including phenoxy) is 15. The van der Waals surface area contributed by atoms with Crippen LogP contribution < -0.4 is 18.9 Å². The van der Waals surface area contributed by atoms with Crippen LogP contribution in [0.5, 0.6) is 63.2 Å². The molecule has 43 nitrogen and oxygen atoms in total. The summed E-state index contributed by atoms with van der Waals surface area (Å²) in [7, 11) is 0. The van der Waals surface area contributed by atoms with Gasteiger partial charge in [0.15, 0.2) is 70.6 Å². The van der Waals surface area contributed by atoms with Crippen LogP contribution in [0.15, 0.2) is 109 Å². The number of carboxylic acids is 1. The lowest BCUT2D eigenvalue weighted by molar-refractivity contribution is -0.364. The van der Waals surface area contributed by atoms with Crippen LogP contribution in [0, 0.1) is 0 Å². The predicted molar refractivity (Wildman–Crippen MR) is 381 cm³/mol. The molecule has 26 atom stereocenters. The highest BCUT2D eigenvalue weighted by atomic mass is 16.8. The van der Waals surface area contributed by atoms with Crippen molar-refractivity contribution in [2.75, 3.05) is 33.0 Å². The molecule has 6 aliphatic heterocycles. The molecule has 11 rings (SSSR count). The number of phenols is 7. The molecule has 23 N–H and O–H groups in total. The largest absolute Gasteiger partial charge is 0.508 e. The van der Waals surface area contributed by atoms with E-state index in [9.17, 15) is 136 Å². The maximum atomic E-state index is 13.9. The van der Waals surface area contributed by atoms with Crippen molar-refractivity contribution in [3.8, 4) is 63.2 Å². The highest BCUT2D eigenvalue weighted by molar-refractivity contribution is 5.90. The molecule has 0 bridgehead atoms. The van der Waals surface area contributed by atoms with Crippen molar-refractivity contribution in [2.45, 2.75) is 166 Å². The van der Waals surface area contributed by atoms with Crippen molar-refractivity contribution in [1.82, 2.24) is 0 Å². The smallest absolute Gasteiger partial charge is 0.331 e. The van der Waals surface area contributed by atoms with E-state index in [0.717, 1.165) is 85.0 Å². The standard InChI is InChI=1S/C75H82O43/c76-23-45-55(91)60(96)65(101)71(112-45)108-40-10-2-29(16-38(40)83)5-13-52(88)104-25-47-57(93)61(97)66(102)72(114-47)109-41-11-3-30(17-39(41)84)6-14-53(89)117-69-63(99)56(92)46(24-77)113-75(69)118-70-64(100)59(95)49(26-105-51(87)12-4-28-1-8-34(79)36(81)15-28)116-74(70)111-44-21-33-42(107-68(44)31-7-9-35(80)37(82)18-31)19-32(78)20-43(33)110-73-67(103)62(98)58(94)48(115-73)27-106-54(90)22-50(85)86/h1-21,45-49,55-84,91-103H,22-27H2,(H,85,86). The molecule has 5 aromatic carbocycles. The highest BCUT2D eigenvalue weighted by Crippen LogP contribution is 2.48. The number of hydrogen-bond acceptors (Lipinski definition) is 42. The minimum Gasteiger partial charge on any atom is -0.508 e. The summed E-state index contributed by atoms with van der Waals surface area (Å²) in [5.74, 6) is -12.8. The number of esters is 4. The third-order valence-electron chi connectivity index (χ3n) is 19.0. The van der Waals surface area contributed by atoms with Gasteiger partial charge in [-0.3, -0.25) is 9.59 Å². The minimum atomic E-state index is -2.35. The third kappa shape index (κ3) is 20.6. The SMILES string of the molecule is O=C(O)CC(=O)OCC1OC(Oc2cc(O)cc3c2C=C(OC2OC(COC(=O)C=Cc4ccc(O)c(O)c4)C(O)C(O)C2OC2OC(CO)C(O)C(O)C2OC(=O)C=Cc2ccc(OC4OC(COC(=O)C=Cc5ccc(OC6OC(CO)C(O)C(O)C6O)c(O)c5)C(O)C(O)C4O)c(O)c2)C(c2ccc(O)c(O)c2)O3)C(O)C(O)C1O. The van der Waals surface area contributed by atoms with E-state index in [4.69, 9.17) is 76.2 Å². The van der Waals surface area contributed by atoms with Crippen molar-refractivity contribution in [3.05, 3.63) is 137 Å². The average Bonchev–Trinajstić information content (AvgIpc) is 0.757. The molecule has 6 heterocycles. The van der Waals surface area contributed by atoms with E-state index in [1.54, 1.807) is 0 Å². The van der Waals surface area contributed by atoms with Crippen LogP contribution in [0.4, 0.5) is 0 Å². The van der Waals surface area contributed by atoms with Gasteiger partial charge in [-0.05, 0) is 89.5 Å². The molecular weight excluding hydrogens is 1590 g/mol. The Labute approximate surface area is 663 Å². The normalized spacial score (nSPS) is 32.2. The Morgan fingerprint density at radius 2 is 0.797 bits per heavy atom. The van der Waals surface area contributed by atoms with Crippen LogP contribution in [0.3, 0.4) is 0 Å². The molecule has 5 fully saturated rings. The van der Waals surface area contributed by atoms with E-state index in [1.165, 1.54) is 36.4 Å². The number of fused-ring (bicyclic) bond motifs is 1. The van der Waals surface area contributed by atoms with Crippen molar-refractivity contribution in [3.63, 3.8) is 0 Å². The van der Waals surface area contributed by atoms with Crippen molar-refractivity contribution >= 4 is 54.2 Å². The van der Waals surface area contributed by atoms with Crippen LogP contribution in [-0.4, -0.2) is 334 Å². The molecule has 0 amide bonds. The van der Waals surface area contributed by atoms with E-state index in [-0.39, 0.29) is 39.3 Å². The molecule has 6 aliphatic rings. The van der Waals surface area contributed by atoms with E-state index >= 15 is 0 Å². The summed E-state index contributed by atoms with van der Waals surface area (Å²) in [5.41, 5.74) is -0.00644. The van der Waals surface area contributed by atoms with E-state index < -0.39 is 286 Å². The summed E-state index contributed by atoms with van der Waals surface area (Å²) in [6.07, 6.45) is -45.1. The zero-order valence-corrected chi connectivity index (χ0v) is 60.8. The number of rotatable bonds is 28. The third-order valence-corrected chi connectivity index (χ3v) is 19.0. The summed E-state index contributed by atoms with van der Waals surface area (Å²) in [6, 6.07) is 15.6. The molecule has 0 aromatic heterocycles. The number of benzene rings is 5. The van der Waals surface area contributed by atoms with Gasteiger partial charge < -0.3 is 189 Å². The molecule has 26 unspecified atom stereocenters. The van der Waals surface area contributed by atoms with E-state index in [0.29, 0.717) is 6.08 Å². The summed E-state index contributed by atoms with van der Waals surface area (Å²) < 4.78 is 85.9. The Balaban J connectivity index is 0.808. The van der Waals surface area contributed by atoms with Gasteiger partial charge in [-0.1, -0.05) is 24.3 Å². The van der Waals surface area contributed by atoms with Crippen molar-refractivity contribution in [2.24, 2.45) is 0 Å². The average molecular weight is 1670 g/mol. The number of phenolic OH excluding ortho intramolecular Hbond substituents is 7. The first-order valence-corrected chi connectivity index (χ1v) is 35.7. The number of carbonyl (C=O) groups is 5. The van der Waals surface area contributed by atoms with Crippen LogP contribution in [0.25, 0.3) is 24.3 Å². The molecule has 0 saturated carbocycles. The topological polar surface area (TPSA) is 689 Å². The number of aromatic hydroxyl groups is 7. The van der Waals surface area contributed by atoms with Gasteiger partial charge in [0.25, 0.3) is 0 Å². The minimum absolute atomic E-state index is 0.0191. The lowest BCUT2D eigenvalue weighted by atomic mass is 9.96. The van der Waals surface area contributed by atoms with Crippen molar-refractivity contribution < 1.29 is 212 Å². The molecule has 118 heavy (non-hydrogen) atoms. The zero-order chi connectivity index (χ0) is 85.4. The molecule has 5 saturated heterocycles. The van der Waals surface area contributed by atoms with Crippen LogP contribution in [-0.2, 0) is 76.1 Å². The summed E-state index contributed by atoms with van der Waals surface area (Å²) >= 11 is 0. The number of aliphatic hydroxyl groups excluding tert-OH is 15. The first-order chi connectivity index (χ1) is 56.1. The number of aliphatic carboxylic acids is 1. The Morgan fingerprint density at radius 3 is 1.29 bits per heavy atom. The second kappa shape index (κ2) is 38.3. The second-order valence-electron chi connectivity index (χ2n) is 27.3. The summed E-state index contributed by atoms with van der Waals surface area (Å²) in [4.78, 5) is 63.3. The Hall–Kier alpha value is -10.8. The van der Waals surface area contributed by atoms with Crippen LogP contribution in [0.2, 0.25) is 0 Å². The zero-order valence-electron chi connectivity index (χ0n) is 60.8. The first kappa shape index (κ1) is 88.0. The molecule has 5 aromatic rings. The molecular formula is C75H82O43. The Kier molecular flexibility index (Phi) is 28.5. The van der Waals surface area contributed by atoms with E-state index in [2.05, 4.69) is 0 Å². The van der Waals surface area contributed by atoms with Crippen LogP contribution in [0.1, 0.15) is 40.3 Å². The van der Waals surface area contributed by atoms with Gasteiger partial charge in [-0.25, -0.2) is 14.4 Å². The van der Waals surface area contributed by atoms with Crippen LogP contribution >= 0.6 is 0 Å². The summed E-state index contributed by atoms with van der Waals surface area (Å²) in [5, 5.41) is 245. The molecule has 0 spiro atoms. The van der Waals surface area contributed by atoms with Gasteiger partial charge in [0.2, 0.25) is 25.2 Å². The number of aliphatic hydroxyl groups is 15. The quantitative estimate of drug-likeness (QED) is 0.00734. The number of carbonyl (C=O) groups excluding carboxylic acids is 4. The van der Waals surface area contributed by atoms with Crippen molar-refractivity contribution in [1.29, 1.82) is 0 Å². The Morgan fingerprint density at radius 1 is 0.381 bits per heavy atom. The van der Waals surface area contributed by atoms with E-state index in [1.807, 2.05) is 0 Å². The fourth-order valence-corrected chi connectivity index (χ4v) is 12.6. The fraction of sp³-hybridized carbons (Fsp3) is 0.427. The second-order valence-corrected chi connectivity index (χ2v) is 27.3. The maximum Gasteiger partial charge on any atom is 0.331 e. The molecule has 640 valence electrons. The lowest BCUT2D eigenvalue weighted by Gasteiger charge is -2.47. The van der Waals surface area contributed by atoms with Gasteiger partial charge in [0.05, 0.1) is 18.8 Å². The van der Waals surface area contributed by atoms with Gasteiger partial charge in [-0.15, -0.1) is 0 Å². The fourth-order valence-electron chi connectivity index (χ4n) is 12.6. The Bertz CT molecular complexity index is 4510. The lowest BCUT2D eigenvalue weighted by Crippen LogP contribution is -2.65. The molecule has 0 aliphatic carbocycles. The van der Waals surface area contributed by atoms with Gasteiger partial charge in [-0.2, -0.15) is 0 Å². The van der Waals surface area contributed by atoms with Gasteiger partial charge in [0.1, 0.15) is 159 Å². The maximum absolute atomic E-state index is 13.9. The molecule has 0 radical (unpaired) electrons. The first-order valence-electron chi connectivity index (χ1n) is 35.7. The monoisotopic (exact) mass is 1670 g/mol. The summed E-state index contributed by atoms with van der Waals surface area (Å²) in [6.45, 7) is -4.46. The predicted octanol–water partition coefficient (Wildman–Crippen LogP) is -4.90.